The fraction of sp³-hybridized carbons (Fsp3) is 0.353. The summed E-state index contributed by atoms with van der Waals surface area (Å²) in [6.45, 7) is 3.57. The van der Waals surface area contributed by atoms with Crippen LogP contribution in [-0.4, -0.2) is 34.2 Å². The zero-order valence-corrected chi connectivity index (χ0v) is 18.5. The van der Waals surface area contributed by atoms with E-state index in [0.29, 0.717) is 4.90 Å². The van der Waals surface area contributed by atoms with Crippen LogP contribution in [0.1, 0.15) is 15.3 Å². The number of hydrogen-bond acceptors (Lipinski definition) is 4. The second-order valence-electron chi connectivity index (χ2n) is 5.53. The number of thiophene rings is 1. The Labute approximate surface area is 170 Å². The van der Waals surface area contributed by atoms with Crippen molar-refractivity contribution in [2.75, 3.05) is 19.8 Å². The number of hydrogen-bond donors (Lipinski definition) is 2. The van der Waals surface area contributed by atoms with Crippen LogP contribution in [0.5, 0.6) is 0 Å². The zero-order chi connectivity index (χ0) is 17.6. The van der Waals surface area contributed by atoms with Crippen molar-refractivity contribution in [2.24, 2.45) is 4.99 Å². The lowest BCUT2D eigenvalue weighted by Crippen LogP contribution is -2.37. The van der Waals surface area contributed by atoms with E-state index in [0.717, 1.165) is 31.0 Å². The standard InChI is InChI=1S/C17H23N3O2S2.HI/c1-13-4-7-15(23-13)12-20-17(18-2)19-11-10-14-5-8-16(9-6-14)24(3,21)22;/h4-9H,10-12H2,1-3H3,(H2,18,19,20);1H. The van der Waals surface area contributed by atoms with E-state index in [2.05, 4.69) is 34.7 Å². The van der Waals surface area contributed by atoms with Crippen molar-refractivity contribution in [3.8, 4) is 0 Å². The molecular weight excluding hydrogens is 469 g/mol. The van der Waals surface area contributed by atoms with Gasteiger partial charge in [-0.2, -0.15) is 0 Å². The number of sulfone groups is 1. The number of aliphatic imine (C=N–C) groups is 1. The minimum Gasteiger partial charge on any atom is -0.356 e. The van der Waals surface area contributed by atoms with Gasteiger partial charge in [0.25, 0.3) is 0 Å². The van der Waals surface area contributed by atoms with E-state index in [1.807, 2.05) is 12.1 Å². The number of aryl methyl sites for hydroxylation is 1. The Morgan fingerprint density at radius 3 is 2.32 bits per heavy atom. The van der Waals surface area contributed by atoms with Gasteiger partial charge in [0.2, 0.25) is 0 Å². The van der Waals surface area contributed by atoms with Gasteiger partial charge in [-0.05, 0) is 43.2 Å². The maximum atomic E-state index is 11.4. The normalized spacial score (nSPS) is 11.7. The van der Waals surface area contributed by atoms with E-state index < -0.39 is 9.84 Å². The molecule has 1 aromatic carbocycles. The topological polar surface area (TPSA) is 70.6 Å². The third-order valence-corrected chi connectivity index (χ3v) is 5.64. The van der Waals surface area contributed by atoms with Crippen molar-refractivity contribution in [1.82, 2.24) is 10.6 Å². The van der Waals surface area contributed by atoms with Gasteiger partial charge >= 0.3 is 0 Å². The summed E-state index contributed by atoms with van der Waals surface area (Å²) in [4.78, 5) is 7.13. The zero-order valence-electron chi connectivity index (χ0n) is 14.6. The molecule has 0 aliphatic heterocycles. The Bertz CT molecular complexity index is 800. The predicted molar refractivity (Wildman–Crippen MR) is 116 cm³/mol. The van der Waals surface area contributed by atoms with Crippen LogP contribution in [0.4, 0.5) is 0 Å². The molecule has 138 valence electrons. The molecule has 2 aromatic rings. The van der Waals surface area contributed by atoms with Crippen LogP contribution in [0.15, 0.2) is 46.3 Å². The van der Waals surface area contributed by atoms with Gasteiger partial charge in [0.05, 0.1) is 11.4 Å². The lowest BCUT2D eigenvalue weighted by Gasteiger charge is -2.11. The van der Waals surface area contributed by atoms with Crippen molar-refractivity contribution in [1.29, 1.82) is 0 Å². The van der Waals surface area contributed by atoms with E-state index >= 15 is 0 Å². The third-order valence-electron chi connectivity index (χ3n) is 3.51. The van der Waals surface area contributed by atoms with Crippen molar-refractivity contribution >= 4 is 51.1 Å². The number of nitrogens with zero attached hydrogens (tertiary/aromatic N) is 1. The Morgan fingerprint density at radius 1 is 1.12 bits per heavy atom. The Morgan fingerprint density at radius 2 is 1.80 bits per heavy atom. The largest absolute Gasteiger partial charge is 0.356 e. The number of guanidine groups is 1. The average molecular weight is 493 g/mol. The Kier molecular flexibility index (Phi) is 8.87. The van der Waals surface area contributed by atoms with E-state index in [1.54, 1.807) is 30.5 Å². The van der Waals surface area contributed by atoms with Crippen molar-refractivity contribution in [2.45, 2.75) is 24.8 Å². The van der Waals surface area contributed by atoms with Crippen LogP contribution in [0.3, 0.4) is 0 Å². The van der Waals surface area contributed by atoms with Crippen LogP contribution in [0, 0.1) is 6.92 Å². The van der Waals surface area contributed by atoms with Crippen LogP contribution < -0.4 is 10.6 Å². The summed E-state index contributed by atoms with van der Waals surface area (Å²) in [5.41, 5.74) is 1.08. The Balaban J connectivity index is 0.00000312. The van der Waals surface area contributed by atoms with Gasteiger partial charge in [-0.25, -0.2) is 8.42 Å². The Hall–Kier alpha value is -1.13. The molecule has 0 atom stereocenters. The second kappa shape index (κ2) is 10.1. The van der Waals surface area contributed by atoms with Crippen LogP contribution >= 0.6 is 35.3 Å². The number of nitrogens with one attached hydrogen (secondary N) is 2. The molecule has 0 aliphatic carbocycles. The number of halogens is 1. The molecule has 0 unspecified atom stereocenters. The first kappa shape index (κ1) is 21.9. The van der Waals surface area contributed by atoms with Gasteiger partial charge in [0.15, 0.2) is 15.8 Å². The molecule has 0 bridgehead atoms. The van der Waals surface area contributed by atoms with Crippen LogP contribution in [0.25, 0.3) is 0 Å². The highest BCUT2D eigenvalue weighted by molar-refractivity contribution is 14.0. The quantitative estimate of drug-likeness (QED) is 0.369. The summed E-state index contributed by atoms with van der Waals surface area (Å²) in [7, 11) is -1.39. The first-order valence-electron chi connectivity index (χ1n) is 7.67. The van der Waals surface area contributed by atoms with Gasteiger partial charge in [-0.3, -0.25) is 4.99 Å². The van der Waals surface area contributed by atoms with Gasteiger partial charge in [0, 0.05) is 29.6 Å². The molecule has 0 fully saturated rings. The molecule has 1 aromatic heterocycles. The summed E-state index contributed by atoms with van der Waals surface area (Å²) in [6, 6.07) is 11.2. The lowest BCUT2D eigenvalue weighted by atomic mass is 10.1. The summed E-state index contributed by atoms with van der Waals surface area (Å²) in [5.74, 6) is 0.758. The van der Waals surface area contributed by atoms with Crippen molar-refractivity contribution in [3.63, 3.8) is 0 Å². The molecule has 0 radical (unpaired) electrons. The molecule has 25 heavy (non-hydrogen) atoms. The highest BCUT2D eigenvalue weighted by Crippen LogP contribution is 2.14. The van der Waals surface area contributed by atoms with Gasteiger partial charge in [-0.1, -0.05) is 12.1 Å². The molecule has 0 aliphatic rings. The van der Waals surface area contributed by atoms with Gasteiger partial charge in [-0.15, -0.1) is 35.3 Å². The first-order chi connectivity index (χ1) is 11.4. The smallest absolute Gasteiger partial charge is 0.191 e. The predicted octanol–water partition coefficient (Wildman–Crippen LogP) is 2.99. The molecule has 0 saturated carbocycles. The highest BCUT2D eigenvalue weighted by Gasteiger charge is 2.06. The minimum atomic E-state index is -3.13. The van der Waals surface area contributed by atoms with Crippen molar-refractivity contribution < 1.29 is 8.42 Å². The van der Waals surface area contributed by atoms with E-state index in [9.17, 15) is 8.42 Å². The van der Waals surface area contributed by atoms with E-state index in [-0.39, 0.29) is 24.0 Å². The maximum Gasteiger partial charge on any atom is 0.191 e. The summed E-state index contributed by atoms with van der Waals surface area (Å²) < 4.78 is 22.9. The number of benzene rings is 1. The first-order valence-corrected chi connectivity index (χ1v) is 10.4. The third kappa shape index (κ3) is 7.33. The molecule has 0 amide bonds. The summed E-state index contributed by atoms with van der Waals surface area (Å²) in [5, 5.41) is 6.55. The molecular formula is C17H24IN3O2S2. The van der Waals surface area contributed by atoms with Gasteiger partial charge in [0.1, 0.15) is 0 Å². The minimum absolute atomic E-state index is 0. The average Bonchev–Trinajstić information content (AvgIpc) is 2.96. The molecule has 0 spiro atoms. The molecule has 8 heteroatoms. The summed E-state index contributed by atoms with van der Waals surface area (Å²) >= 11 is 1.77. The second-order valence-corrected chi connectivity index (χ2v) is 8.92. The fourth-order valence-electron chi connectivity index (χ4n) is 2.20. The molecule has 5 nitrogen and oxygen atoms in total. The molecule has 2 N–H and O–H groups in total. The SMILES string of the molecule is CN=C(NCCc1ccc(S(C)(=O)=O)cc1)NCc1ccc(C)s1.I. The van der Waals surface area contributed by atoms with E-state index in [1.165, 1.54) is 16.0 Å². The van der Waals surface area contributed by atoms with Crippen molar-refractivity contribution in [3.05, 3.63) is 51.7 Å². The molecule has 0 saturated heterocycles. The van der Waals surface area contributed by atoms with Crippen LogP contribution in [-0.2, 0) is 22.8 Å². The summed E-state index contributed by atoms with van der Waals surface area (Å²) in [6.07, 6.45) is 2.01. The van der Waals surface area contributed by atoms with Gasteiger partial charge < -0.3 is 10.6 Å². The molecule has 2 rings (SSSR count). The van der Waals surface area contributed by atoms with Crippen LogP contribution in [0.2, 0.25) is 0 Å². The maximum absolute atomic E-state index is 11.4. The fourth-order valence-corrected chi connectivity index (χ4v) is 3.66. The number of rotatable bonds is 6. The monoisotopic (exact) mass is 493 g/mol. The highest BCUT2D eigenvalue weighted by atomic mass is 127. The lowest BCUT2D eigenvalue weighted by molar-refractivity contribution is 0.602. The molecule has 1 heterocycles. The van der Waals surface area contributed by atoms with E-state index in [4.69, 9.17) is 0 Å².